The van der Waals surface area contributed by atoms with Crippen molar-refractivity contribution in [3.63, 3.8) is 0 Å². The first-order valence-corrected chi connectivity index (χ1v) is 9.28. The summed E-state index contributed by atoms with van der Waals surface area (Å²) < 4.78 is 12.8. The van der Waals surface area contributed by atoms with E-state index in [1.807, 2.05) is 17.0 Å². The first-order valence-electron chi connectivity index (χ1n) is 9.28. The Balaban J connectivity index is 1.93. The molecule has 156 valence electrons. The molecule has 9 nitrogen and oxygen atoms in total. The predicted molar refractivity (Wildman–Crippen MR) is 109 cm³/mol. The molecule has 0 aliphatic carbocycles. The minimum atomic E-state index is -0.675. The fraction of sp³-hybridized carbons (Fsp3) is 0.450. The van der Waals surface area contributed by atoms with E-state index in [0.717, 1.165) is 26.7 Å². The van der Waals surface area contributed by atoms with Crippen LogP contribution in [0.15, 0.2) is 21.7 Å². The highest BCUT2D eigenvalue weighted by Crippen LogP contribution is 2.33. The van der Waals surface area contributed by atoms with Crippen molar-refractivity contribution >= 4 is 11.6 Å². The van der Waals surface area contributed by atoms with Crippen LogP contribution in [0.2, 0.25) is 0 Å². The summed E-state index contributed by atoms with van der Waals surface area (Å²) >= 11 is 0. The molecule has 0 saturated heterocycles. The van der Waals surface area contributed by atoms with Gasteiger partial charge < -0.3 is 15.2 Å². The minimum absolute atomic E-state index is 0.112. The van der Waals surface area contributed by atoms with Crippen molar-refractivity contribution in [2.24, 2.45) is 14.1 Å². The molecule has 2 N–H and O–H groups in total. The number of Topliss-reactive ketones (excluding diaryl/α,β-unsaturated/α-hetero) is 1. The number of hydrogen-bond donors (Lipinski definition) is 1. The Labute approximate surface area is 168 Å². The number of aromatic nitrogens is 2. The molecule has 0 unspecified atom stereocenters. The van der Waals surface area contributed by atoms with Gasteiger partial charge in [-0.1, -0.05) is 0 Å². The summed E-state index contributed by atoms with van der Waals surface area (Å²) in [6.45, 7) is 2.91. The number of nitrogens with zero attached hydrogens (tertiary/aromatic N) is 3. The van der Waals surface area contributed by atoms with Crippen molar-refractivity contribution in [3.8, 4) is 11.5 Å². The Hall–Kier alpha value is -3.07. The summed E-state index contributed by atoms with van der Waals surface area (Å²) in [5.74, 6) is 0.787. The van der Waals surface area contributed by atoms with Gasteiger partial charge in [0.25, 0.3) is 5.56 Å². The van der Waals surface area contributed by atoms with Crippen LogP contribution in [-0.2, 0) is 27.1 Å². The summed E-state index contributed by atoms with van der Waals surface area (Å²) in [5.41, 5.74) is 6.73. The topological polar surface area (TPSA) is 109 Å². The van der Waals surface area contributed by atoms with E-state index in [0.29, 0.717) is 24.6 Å². The van der Waals surface area contributed by atoms with Crippen LogP contribution in [0, 0.1) is 0 Å². The van der Waals surface area contributed by atoms with Gasteiger partial charge in [0.15, 0.2) is 17.3 Å². The Bertz CT molecular complexity index is 1090. The number of nitrogen functional groups attached to an aromatic ring is 1. The summed E-state index contributed by atoms with van der Waals surface area (Å²) in [6, 6.07) is 3.29. The number of nitrogens with two attached hydrogens (primary N) is 1. The summed E-state index contributed by atoms with van der Waals surface area (Å²) in [7, 11) is 5.95. The van der Waals surface area contributed by atoms with Gasteiger partial charge in [-0.25, -0.2) is 4.79 Å². The average molecular weight is 402 g/mol. The predicted octanol–water partition coefficient (Wildman–Crippen LogP) is 0.313. The molecule has 0 amide bonds. The van der Waals surface area contributed by atoms with Gasteiger partial charge >= 0.3 is 5.69 Å². The molecular weight excluding hydrogens is 376 g/mol. The monoisotopic (exact) mass is 402 g/mol. The van der Waals surface area contributed by atoms with Gasteiger partial charge in [-0.3, -0.25) is 23.6 Å². The van der Waals surface area contributed by atoms with Crippen molar-refractivity contribution in [2.75, 3.05) is 26.5 Å². The third kappa shape index (κ3) is 3.42. The van der Waals surface area contributed by atoms with Crippen LogP contribution >= 0.6 is 0 Å². The molecule has 1 aliphatic rings. The molecule has 0 fully saturated rings. The maximum absolute atomic E-state index is 13.1. The average Bonchev–Trinajstić information content (AvgIpc) is 2.74. The van der Waals surface area contributed by atoms with Crippen LogP contribution in [0.3, 0.4) is 0 Å². The Morgan fingerprint density at radius 2 is 1.66 bits per heavy atom. The molecule has 0 bridgehead atoms. The van der Waals surface area contributed by atoms with Gasteiger partial charge in [-0.2, -0.15) is 0 Å². The molecule has 2 heterocycles. The highest BCUT2D eigenvalue weighted by molar-refractivity contribution is 6.03. The number of carbonyl (C=O) groups excluding carboxylic acids is 1. The largest absolute Gasteiger partial charge is 0.493 e. The molecule has 1 atom stereocenters. The van der Waals surface area contributed by atoms with Crippen LogP contribution < -0.4 is 26.5 Å². The number of carbonyl (C=O) groups is 1. The fourth-order valence-corrected chi connectivity index (χ4v) is 3.70. The lowest BCUT2D eigenvalue weighted by molar-refractivity contribution is 0.0817. The smallest absolute Gasteiger partial charge is 0.332 e. The summed E-state index contributed by atoms with van der Waals surface area (Å²) in [6.07, 6.45) is 0.730. The number of ketones is 1. The Morgan fingerprint density at radius 3 is 2.24 bits per heavy atom. The van der Waals surface area contributed by atoms with Crippen LogP contribution in [-0.4, -0.2) is 46.6 Å². The van der Waals surface area contributed by atoms with E-state index < -0.39 is 23.1 Å². The van der Waals surface area contributed by atoms with Gasteiger partial charge in [0.2, 0.25) is 0 Å². The SMILES string of the molecule is COc1cc2c(cc1OC)CN([C@@H](C)C(=O)c1c(N)n(C)c(=O)n(C)c1=O)CC2. The molecule has 0 saturated carbocycles. The normalized spacial score (nSPS) is 14.9. The standard InChI is InChI=1S/C20H26N4O5/c1-11(17(25)16-18(21)22(2)20(27)23(3)19(16)26)24-7-6-12-8-14(28-4)15(29-5)9-13(12)10-24/h8-9,11H,6-7,10,21H2,1-5H3/t11-/m0/s1. The number of methoxy groups -OCH3 is 2. The van der Waals surface area contributed by atoms with Crippen molar-refractivity contribution < 1.29 is 14.3 Å². The highest BCUT2D eigenvalue weighted by atomic mass is 16.5. The van der Waals surface area contributed by atoms with Crippen molar-refractivity contribution in [2.45, 2.75) is 25.9 Å². The Morgan fingerprint density at radius 1 is 1.07 bits per heavy atom. The molecule has 3 rings (SSSR count). The highest BCUT2D eigenvalue weighted by Gasteiger charge is 2.31. The van der Waals surface area contributed by atoms with E-state index in [-0.39, 0.29) is 11.4 Å². The number of rotatable bonds is 5. The third-order valence-corrected chi connectivity index (χ3v) is 5.63. The molecule has 9 heteroatoms. The molecular formula is C20H26N4O5. The fourth-order valence-electron chi connectivity index (χ4n) is 3.70. The zero-order valence-electron chi connectivity index (χ0n) is 17.3. The maximum atomic E-state index is 13.1. The number of hydrogen-bond acceptors (Lipinski definition) is 7. The van der Waals surface area contributed by atoms with Gasteiger partial charge in [0.1, 0.15) is 11.4 Å². The van der Waals surface area contributed by atoms with Gasteiger partial charge in [-0.15, -0.1) is 0 Å². The van der Waals surface area contributed by atoms with E-state index in [4.69, 9.17) is 15.2 Å². The second-order valence-electron chi connectivity index (χ2n) is 7.20. The molecule has 1 aromatic carbocycles. The van der Waals surface area contributed by atoms with Crippen molar-refractivity contribution in [1.82, 2.24) is 14.0 Å². The van der Waals surface area contributed by atoms with Crippen molar-refractivity contribution in [1.29, 1.82) is 0 Å². The molecule has 2 aromatic rings. The van der Waals surface area contributed by atoms with Crippen LogP contribution in [0.1, 0.15) is 28.4 Å². The quantitative estimate of drug-likeness (QED) is 0.717. The summed E-state index contributed by atoms with van der Waals surface area (Å²) in [5, 5.41) is 0. The van der Waals surface area contributed by atoms with Crippen molar-refractivity contribution in [3.05, 3.63) is 49.7 Å². The van der Waals surface area contributed by atoms with E-state index in [1.165, 1.54) is 14.1 Å². The zero-order chi connectivity index (χ0) is 21.5. The van der Waals surface area contributed by atoms with E-state index in [9.17, 15) is 14.4 Å². The number of benzene rings is 1. The molecule has 1 aromatic heterocycles. The minimum Gasteiger partial charge on any atom is -0.493 e. The molecule has 29 heavy (non-hydrogen) atoms. The summed E-state index contributed by atoms with van der Waals surface area (Å²) in [4.78, 5) is 39.7. The lowest BCUT2D eigenvalue weighted by Crippen LogP contribution is -2.47. The Kier molecular flexibility index (Phi) is 5.52. The molecule has 1 aliphatic heterocycles. The first-order chi connectivity index (χ1) is 13.7. The lowest BCUT2D eigenvalue weighted by atomic mass is 9.96. The number of fused-ring (bicyclic) bond motifs is 1. The molecule has 0 spiro atoms. The second-order valence-corrected chi connectivity index (χ2v) is 7.20. The maximum Gasteiger partial charge on any atom is 0.332 e. The second kappa shape index (κ2) is 7.75. The first kappa shape index (κ1) is 20.7. The third-order valence-electron chi connectivity index (χ3n) is 5.63. The van der Waals surface area contributed by atoms with E-state index in [2.05, 4.69) is 0 Å². The van der Waals surface area contributed by atoms with Gasteiger partial charge in [-0.05, 0) is 36.6 Å². The van der Waals surface area contributed by atoms with Crippen LogP contribution in [0.5, 0.6) is 11.5 Å². The lowest BCUT2D eigenvalue weighted by Gasteiger charge is -2.33. The van der Waals surface area contributed by atoms with Crippen LogP contribution in [0.4, 0.5) is 5.82 Å². The van der Waals surface area contributed by atoms with Crippen LogP contribution in [0.25, 0.3) is 0 Å². The van der Waals surface area contributed by atoms with E-state index >= 15 is 0 Å². The molecule has 0 radical (unpaired) electrons. The van der Waals surface area contributed by atoms with Gasteiger partial charge in [0.05, 0.1) is 20.3 Å². The van der Waals surface area contributed by atoms with E-state index in [1.54, 1.807) is 21.1 Å². The van der Waals surface area contributed by atoms with Gasteiger partial charge in [0, 0.05) is 27.2 Å². The number of anilines is 1. The zero-order valence-corrected chi connectivity index (χ0v) is 17.3. The number of ether oxygens (including phenoxy) is 2.